The third kappa shape index (κ3) is 6.30. The summed E-state index contributed by atoms with van der Waals surface area (Å²) < 4.78 is 0. The third-order valence-electron chi connectivity index (χ3n) is 2.93. The maximum atomic E-state index is 12.2. The number of nitrogens with two attached hydrogens (primary N) is 1. The lowest BCUT2D eigenvalue weighted by Crippen LogP contribution is -2.36. The van der Waals surface area contributed by atoms with Crippen molar-refractivity contribution in [1.82, 2.24) is 9.88 Å². The summed E-state index contributed by atoms with van der Waals surface area (Å²) in [5.41, 5.74) is 6.51. The molecule has 2 N–H and O–H groups in total. The van der Waals surface area contributed by atoms with Gasteiger partial charge in [0.05, 0.1) is 12.5 Å². The predicted molar refractivity (Wildman–Crippen MR) is 77.4 cm³/mol. The summed E-state index contributed by atoms with van der Waals surface area (Å²) in [4.78, 5) is 18.0. The molecular weight excluding hydrogens is 252 g/mol. The predicted octanol–water partition coefficient (Wildman–Crippen LogP) is 1.84. The first-order chi connectivity index (χ1) is 9.42. The second kappa shape index (κ2) is 7.61. The fraction of sp³-hybridized carbons (Fsp3) is 0.533. The van der Waals surface area contributed by atoms with Crippen molar-refractivity contribution in [3.63, 3.8) is 0 Å². The van der Waals surface area contributed by atoms with Crippen molar-refractivity contribution in [3.8, 4) is 6.07 Å². The fourth-order valence-corrected chi connectivity index (χ4v) is 1.78. The number of rotatable bonds is 7. The Morgan fingerprint density at radius 3 is 2.85 bits per heavy atom. The summed E-state index contributed by atoms with van der Waals surface area (Å²) in [6, 6.07) is 5.84. The number of carbonyl (C=O) groups excluding carboxylic acids is 1. The average Bonchev–Trinajstić information content (AvgIpc) is 2.41. The molecule has 1 aromatic rings. The van der Waals surface area contributed by atoms with Crippen LogP contribution in [0.25, 0.3) is 0 Å². The number of nitrogens with zero attached hydrogens (tertiary/aromatic N) is 3. The summed E-state index contributed by atoms with van der Waals surface area (Å²) in [5, 5.41) is 8.70. The van der Waals surface area contributed by atoms with E-state index < -0.39 is 0 Å². The van der Waals surface area contributed by atoms with Crippen molar-refractivity contribution in [3.05, 3.63) is 30.1 Å². The van der Waals surface area contributed by atoms with Crippen LogP contribution in [0.5, 0.6) is 0 Å². The highest BCUT2D eigenvalue weighted by Crippen LogP contribution is 2.11. The van der Waals surface area contributed by atoms with Crippen molar-refractivity contribution in [1.29, 1.82) is 5.26 Å². The number of pyridine rings is 1. The number of nitriles is 1. The first-order valence-electron chi connectivity index (χ1n) is 6.75. The van der Waals surface area contributed by atoms with Gasteiger partial charge in [0.2, 0.25) is 5.91 Å². The molecule has 108 valence electrons. The number of carbonyl (C=O) groups is 1. The molecule has 5 nitrogen and oxygen atoms in total. The molecular formula is C15H22N4O. The van der Waals surface area contributed by atoms with Gasteiger partial charge in [-0.1, -0.05) is 6.07 Å². The molecule has 0 radical (unpaired) electrons. The first-order valence-corrected chi connectivity index (χ1v) is 6.75. The maximum absolute atomic E-state index is 12.2. The van der Waals surface area contributed by atoms with Gasteiger partial charge in [-0.3, -0.25) is 9.78 Å². The molecule has 1 rings (SSSR count). The normalized spacial score (nSPS) is 10.9. The zero-order valence-electron chi connectivity index (χ0n) is 12.2. The van der Waals surface area contributed by atoms with E-state index in [9.17, 15) is 4.79 Å². The molecule has 0 aromatic carbocycles. The second-order valence-corrected chi connectivity index (χ2v) is 5.57. The lowest BCUT2D eigenvalue weighted by atomic mass is 9.99. The standard InChI is InChI=1S/C15H22N4O/c1-15(2,17)7-6-14(20)19(10-4-8-16)12-13-5-3-9-18-11-13/h3,5,9,11H,4,6-7,10,12,17H2,1-2H3. The van der Waals surface area contributed by atoms with Gasteiger partial charge in [0, 0.05) is 37.4 Å². The van der Waals surface area contributed by atoms with Gasteiger partial charge >= 0.3 is 0 Å². The zero-order valence-corrected chi connectivity index (χ0v) is 12.2. The molecule has 20 heavy (non-hydrogen) atoms. The molecule has 1 heterocycles. The quantitative estimate of drug-likeness (QED) is 0.822. The monoisotopic (exact) mass is 274 g/mol. The topological polar surface area (TPSA) is 83.0 Å². The van der Waals surface area contributed by atoms with Crippen LogP contribution in [-0.2, 0) is 11.3 Å². The number of hydrogen-bond acceptors (Lipinski definition) is 4. The SMILES string of the molecule is CC(C)(N)CCC(=O)N(CCC#N)Cc1cccnc1. The van der Waals surface area contributed by atoms with Crippen LogP contribution in [0.2, 0.25) is 0 Å². The molecule has 5 heteroatoms. The molecule has 0 aliphatic rings. The van der Waals surface area contributed by atoms with Gasteiger partial charge in [-0.2, -0.15) is 5.26 Å². The van der Waals surface area contributed by atoms with Crippen LogP contribution in [0, 0.1) is 11.3 Å². The Morgan fingerprint density at radius 1 is 1.55 bits per heavy atom. The molecule has 1 aromatic heterocycles. The Bertz CT molecular complexity index is 459. The van der Waals surface area contributed by atoms with Crippen LogP contribution in [0.1, 0.15) is 38.7 Å². The minimum atomic E-state index is -0.356. The van der Waals surface area contributed by atoms with Crippen LogP contribution < -0.4 is 5.73 Å². The van der Waals surface area contributed by atoms with Crippen LogP contribution in [0.3, 0.4) is 0 Å². The number of amides is 1. The van der Waals surface area contributed by atoms with Crippen molar-refractivity contribution >= 4 is 5.91 Å². The number of hydrogen-bond donors (Lipinski definition) is 1. The number of aromatic nitrogens is 1. The van der Waals surface area contributed by atoms with E-state index >= 15 is 0 Å². The van der Waals surface area contributed by atoms with Crippen LogP contribution in [0.4, 0.5) is 0 Å². The highest BCUT2D eigenvalue weighted by Gasteiger charge is 2.18. The Balaban J connectivity index is 2.64. The molecule has 0 bridgehead atoms. The zero-order chi connectivity index (χ0) is 15.0. The Hall–Kier alpha value is -1.93. The molecule has 0 aliphatic heterocycles. The van der Waals surface area contributed by atoms with Crippen LogP contribution in [0.15, 0.2) is 24.5 Å². The summed E-state index contributed by atoms with van der Waals surface area (Å²) in [6.07, 6.45) is 4.79. The van der Waals surface area contributed by atoms with E-state index in [-0.39, 0.29) is 11.4 Å². The van der Waals surface area contributed by atoms with Gasteiger partial charge in [0.25, 0.3) is 0 Å². The van der Waals surface area contributed by atoms with Crippen LogP contribution in [-0.4, -0.2) is 27.9 Å². The Kier molecular flexibility index (Phi) is 6.13. The van der Waals surface area contributed by atoms with E-state index in [0.717, 1.165) is 5.56 Å². The van der Waals surface area contributed by atoms with Gasteiger partial charge in [0.1, 0.15) is 0 Å². The third-order valence-corrected chi connectivity index (χ3v) is 2.93. The molecule has 0 aliphatic carbocycles. The molecule has 0 saturated heterocycles. The first kappa shape index (κ1) is 16.1. The molecule has 0 fully saturated rings. The minimum Gasteiger partial charge on any atom is -0.337 e. The summed E-state index contributed by atoms with van der Waals surface area (Å²) in [6.45, 7) is 4.73. The smallest absolute Gasteiger partial charge is 0.222 e. The lowest BCUT2D eigenvalue weighted by molar-refractivity contribution is -0.132. The summed E-state index contributed by atoms with van der Waals surface area (Å²) in [5.74, 6) is 0.0302. The molecule has 0 atom stereocenters. The molecule has 0 unspecified atom stereocenters. The van der Waals surface area contributed by atoms with Gasteiger partial charge in [-0.25, -0.2) is 0 Å². The van der Waals surface area contributed by atoms with Gasteiger partial charge in [-0.05, 0) is 31.9 Å². The van der Waals surface area contributed by atoms with Gasteiger partial charge in [0.15, 0.2) is 0 Å². The summed E-state index contributed by atoms with van der Waals surface area (Å²) in [7, 11) is 0. The second-order valence-electron chi connectivity index (χ2n) is 5.57. The van der Waals surface area contributed by atoms with Crippen molar-refractivity contribution in [2.24, 2.45) is 5.73 Å². The average molecular weight is 274 g/mol. The highest BCUT2D eigenvalue weighted by molar-refractivity contribution is 5.76. The van der Waals surface area contributed by atoms with Crippen molar-refractivity contribution in [2.75, 3.05) is 6.54 Å². The Labute approximate surface area is 120 Å². The van der Waals surface area contributed by atoms with Gasteiger partial charge in [-0.15, -0.1) is 0 Å². The molecule has 0 spiro atoms. The van der Waals surface area contributed by atoms with E-state index in [1.807, 2.05) is 26.0 Å². The molecule has 1 amide bonds. The summed E-state index contributed by atoms with van der Waals surface area (Å²) >= 11 is 0. The van der Waals surface area contributed by atoms with E-state index in [1.54, 1.807) is 17.3 Å². The Morgan fingerprint density at radius 2 is 2.30 bits per heavy atom. The molecule has 0 saturated carbocycles. The maximum Gasteiger partial charge on any atom is 0.222 e. The van der Waals surface area contributed by atoms with E-state index in [4.69, 9.17) is 11.0 Å². The lowest BCUT2D eigenvalue weighted by Gasteiger charge is -2.24. The van der Waals surface area contributed by atoms with Crippen molar-refractivity contribution in [2.45, 2.75) is 45.2 Å². The minimum absolute atomic E-state index is 0.0302. The van der Waals surface area contributed by atoms with E-state index in [1.165, 1.54) is 0 Å². The van der Waals surface area contributed by atoms with E-state index in [0.29, 0.717) is 32.4 Å². The van der Waals surface area contributed by atoms with Crippen molar-refractivity contribution < 1.29 is 4.79 Å². The fourth-order valence-electron chi connectivity index (χ4n) is 1.78. The van der Waals surface area contributed by atoms with E-state index in [2.05, 4.69) is 11.1 Å². The largest absolute Gasteiger partial charge is 0.337 e. The van der Waals surface area contributed by atoms with Gasteiger partial charge < -0.3 is 10.6 Å². The van der Waals surface area contributed by atoms with Crippen LogP contribution >= 0.6 is 0 Å². The highest BCUT2D eigenvalue weighted by atomic mass is 16.2.